The fraction of sp³-hybridized carbons (Fsp3) is 0.250. The van der Waals surface area contributed by atoms with E-state index in [-0.39, 0.29) is 6.79 Å². The Balaban J connectivity index is 1.81. The second kappa shape index (κ2) is 4.30. The molecule has 0 aromatic heterocycles. The van der Waals surface area contributed by atoms with Crippen LogP contribution in [0, 0.1) is 0 Å². The Morgan fingerprint density at radius 2 is 2.06 bits per heavy atom. The normalized spacial score (nSPS) is 18.5. The molecule has 0 bridgehead atoms. The third-order valence-corrected chi connectivity index (χ3v) is 2.94. The van der Waals surface area contributed by atoms with Crippen LogP contribution < -0.4 is 0 Å². The van der Waals surface area contributed by atoms with Crippen molar-refractivity contribution in [3.8, 4) is 0 Å². The summed E-state index contributed by atoms with van der Waals surface area (Å²) < 4.78 is 10.3. The molecule has 0 N–H and O–H groups in total. The van der Waals surface area contributed by atoms with Gasteiger partial charge in [-0.05, 0) is 17.7 Å². The van der Waals surface area contributed by atoms with Crippen LogP contribution in [0.3, 0.4) is 0 Å². The topological polar surface area (TPSA) is 34.1 Å². The number of rotatable bonds is 2. The van der Waals surface area contributed by atoms with Gasteiger partial charge in [-0.3, -0.25) is 0 Å². The van der Waals surface area contributed by atoms with Gasteiger partial charge in [0.15, 0.2) is 0 Å². The van der Waals surface area contributed by atoms with E-state index >= 15 is 0 Å². The highest BCUT2D eigenvalue weighted by Gasteiger charge is 2.22. The molecule has 0 fully saturated rings. The summed E-state index contributed by atoms with van der Waals surface area (Å²) in [4.78, 5) is 0. The highest BCUT2D eigenvalue weighted by Crippen LogP contribution is 2.21. The lowest BCUT2D eigenvalue weighted by atomic mass is 10.1. The summed E-state index contributed by atoms with van der Waals surface area (Å²) >= 11 is 5.85. The molecular weight excluding hydrogens is 240 g/mol. The van der Waals surface area contributed by atoms with Gasteiger partial charge in [0.1, 0.15) is 6.26 Å². The van der Waals surface area contributed by atoms with Crippen LogP contribution in [0.2, 0.25) is 5.02 Å². The fourth-order valence-electron chi connectivity index (χ4n) is 1.83. The van der Waals surface area contributed by atoms with Crippen LogP contribution in [0.1, 0.15) is 12.0 Å². The summed E-state index contributed by atoms with van der Waals surface area (Å²) in [6, 6.07) is 7.70. The lowest BCUT2D eigenvalue weighted by Crippen LogP contribution is -2.13. The monoisotopic (exact) mass is 250 g/mol. The summed E-state index contributed by atoms with van der Waals surface area (Å²) in [5.74, 6) is 0.675. The number of hydrazone groups is 1. The molecule has 0 saturated carbocycles. The van der Waals surface area contributed by atoms with Crippen molar-refractivity contribution in [3.05, 3.63) is 47.0 Å². The third-order valence-electron chi connectivity index (χ3n) is 2.69. The van der Waals surface area contributed by atoms with Gasteiger partial charge in [-0.2, -0.15) is 5.10 Å². The molecule has 0 aliphatic carbocycles. The molecule has 0 amide bonds. The maximum Gasteiger partial charge on any atom is 0.249 e. The van der Waals surface area contributed by atoms with Crippen molar-refractivity contribution in [2.45, 2.75) is 6.42 Å². The molecular formula is C12H11ClN2O2. The van der Waals surface area contributed by atoms with Crippen molar-refractivity contribution in [2.24, 2.45) is 5.10 Å². The summed E-state index contributed by atoms with van der Waals surface area (Å²) in [6.07, 6.45) is 2.48. The van der Waals surface area contributed by atoms with E-state index < -0.39 is 0 Å². The maximum absolute atomic E-state index is 5.85. The van der Waals surface area contributed by atoms with Crippen LogP contribution in [-0.4, -0.2) is 24.1 Å². The molecule has 4 nitrogen and oxygen atoms in total. The molecule has 2 heterocycles. The zero-order valence-electron chi connectivity index (χ0n) is 9.10. The first-order valence-electron chi connectivity index (χ1n) is 5.38. The summed E-state index contributed by atoms with van der Waals surface area (Å²) in [7, 11) is 0. The van der Waals surface area contributed by atoms with Crippen molar-refractivity contribution < 1.29 is 9.47 Å². The molecule has 3 rings (SSSR count). The molecule has 0 spiro atoms. The number of nitrogens with zero attached hydrogens (tertiary/aromatic N) is 2. The van der Waals surface area contributed by atoms with E-state index in [0.717, 1.165) is 29.3 Å². The standard InChI is InChI=1S/C12H11ClN2O2/c13-10-3-1-9(2-4-10)11-5-6-15(14-11)12-7-16-8-17-12/h1-4,7H,5-6,8H2. The summed E-state index contributed by atoms with van der Waals surface area (Å²) in [5.41, 5.74) is 2.13. The van der Waals surface area contributed by atoms with Crippen molar-refractivity contribution in [3.63, 3.8) is 0 Å². The Labute approximate surface area is 104 Å². The predicted octanol–water partition coefficient (Wildman–Crippen LogP) is 2.55. The van der Waals surface area contributed by atoms with Gasteiger partial charge in [0.2, 0.25) is 12.7 Å². The second-order valence-electron chi connectivity index (χ2n) is 3.81. The van der Waals surface area contributed by atoms with Crippen LogP contribution in [-0.2, 0) is 9.47 Å². The van der Waals surface area contributed by atoms with E-state index in [1.165, 1.54) is 0 Å². The van der Waals surface area contributed by atoms with Crippen LogP contribution in [0.5, 0.6) is 0 Å². The van der Waals surface area contributed by atoms with Crippen LogP contribution >= 0.6 is 11.6 Å². The van der Waals surface area contributed by atoms with E-state index in [0.29, 0.717) is 5.88 Å². The Kier molecular flexibility index (Phi) is 2.65. The average Bonchev–Trinajstić information content (AvgIpc) is 3.00. The smallest absolute Gasteiger partial charge is 0.249 e. The summed E-state index contributed by atoms with van der Waals surface area (Å²) in [5, 5.41) is 7.06. The Morgan fingerprint density at radius 3 is 2.76 bits per heavy atom. The van der Waals surface area contributed by atoms with Crippen LogP contribution in [0.4, 0.5) is 0 Å². The van der Waals surface area contributed by atoms with Crippen molar-refractivity contribution >= 4 is 17.3 Å². The average molecular weight is 251 g/mol. The molecule has 0 radical (unpaired) electrons. The Hall–Kier alpha value is -1.68. The van der Waals surface area contributed by atoms with Crippen molar-refractivity contribution in [1.82, 2.24) is 5.01 Å². The van der Waals surface area contributed by atoms with E-state index in [1.54, 1.807) is 6.26 Å². The zero-order chi connectivity index (χ0) is 11.7. The van der Waals surface area contributed by atoms with Crippen LogP contribution in [0.15, 0.2) is 41.5 Å². The number of hydrogen-bond donors (Lipinski definition) is 0. The predicted molar refractivity (Wildman–Crippen MR) is 64.4 cm³/mol. The minimum absolute atomic E-state index is 0.275. The van der Waals surface area contributed by atoms with Crippen molar-refractivity contribution in [1.29, 1.82) is 0 Å². The quantitative estimate of drug-likeness (QED) is 0.809. The molecule has 0 unspecified atom stereocenters. The molecule has 5 heteroatoms. The number of hydrogen-bond acceptors (Lipinski definition) is 4. The van der Waals surface area contributed by atoms with Gasteiger partial charge in [0, 0.05) is 11.4 Å². The molecule has 0 saturated heterocycles. The lowest BCUT2D eigenvalue weighted by molar-refractivity contribution is 0.0515. The zero-order valence-corrected chi connectivity index (χ0v) is 9.85. The molecule has 1 aromatic rings. The lowest BCUT2D eigenvalue weighted by Gasteiger charge is -2.11. The Morgan fingerprint density at radius 1 is 1.24 bits per heavy atom. The SMILES string of the molecule is Clc1ccc(C2=NN(C3=COCO3)CC2)cc1. The van der Waals surface area contributed by atoms with Crippen molar-refractivity contribution in [2.75, 3.05) is 13.3 Å². The fourth-order valence-corrected chi connectivity index (χ4v) is 1.96. The molecule has 1 aromatic carbocycles. The second-order valence-corrected chi connectivity index (χ2v) is 4.25. The summed E-state index contributed by atoms with van der Waals surface area (Å²) in [6.45, 7) is 1.09. The minimum Gasteiger partial charge on any atom is -0.459 e. The van der Waals surface area contributed by atoms with Gasteiger partial charge in [0.25, 0.3) is 0 Å². The van der Waals surface area contributed by atoms with Gasteiger partial charge >= 0.3 is 0 Å². The molecule has 17 heavy (non-hydrogen) atoms. The van der Waals surface area contributed by atoms with E-state index in [1.807, 2.05) is 29.3 Å². The van der Waals surface area contributed by atoms with Gasteiger partial charge in [-0.1, -0.05) is 23.7 Å². The molecule has 2 aliphatic heterocycles. The number of ether oxygens (including phenoxy) is 2. The largest absolute Gasteiger partial charge is 0.459 e. The minimum atomic E-state index is 0.275. The number of halogens is 1. The third kappa shape index (κ3) is 2.08. The Bertz CT molecular complexity index is 482. The van der Waals surface area contributed by atoms with Gasteiger partial charge in [-0.25, -0.2) is 5.01 Å². The van der Waals surface area contributed by atoms with Crippen LogP contribution in [0.25, 0.3) is 0 Å². The number of benzene rings is 1. The maximum atomic E-state index is 5.85. The van der Waals surface area contributed by atoms with E-state index in [2.05, 4.69) is 5.10 Å². The highest BCUT2D eigenvalue weighted by atomic mass is 35.5. The van der Waals surface area contributed by atoms with E-state index in [4.69, 9.17) is 21.1 Å². The highest BCUT2D eigenvalue weighted by molar-refractivity contribution is 6.30. The molecule has 2 aliphatic rings. The molecule has 0 atom stereocenters. The van der Waals surface area contributed by atoms with E-state index in [9.17, 15) is 0 Å². The first-order valence-corrected chi connectivity index (χ1v) is 5.76. The van der Waals surface area contributed by atoms with Gasteiger partial charge < -0.3 is 9.47 Å². The van der Waals surface area contributed by atoms with Gasteiger partial charge in [0.05, 0.1) is 12.3 Å². The van der Waals surface area contributed by atoms with Gasteiger partial charge in [-0.15, -0.1) is 0 Å². The first kappa shape index (κ1) is 10.5. The first-order chi connectivity index (χ1) is 8.33. The molecule has 88 valence electrons.